The molecule has 0 aliphatic rings. The minimum atomic E-state index is -0.0203. The minimum Gasteiger partial charge on any atom is -0.497 e. The molecule has 0 radical (unpaired) electrons. The van der Waals surface area contributed by atoms with E-state index in [0.717, 1.165) is 38.8 Å². The number of hydrogen-bond donors (Lipinski definition) is 3. The normalized spacial score (nSPS) is 12.2. The molecule has 2 aromatic carbocycles. The summed E-state index contributed by atoms with van der Waals surface area (Å²) in [6, 6.07) is 14.0. The van der Waals surface area contributed by atoms with Gasteiger partial charge in [-0.05, 0) is 42.3 Å². The van der Waals surface area contributed by atoms with Gasteiger partial charge in [-0.1, -0.05) is 23.5 Å². The number of nitrogens with two attached hydrogens (primary N) is 1. The van der Waals surface area contributed by atoms with Gasteiger partial charge < -0.3 is 15.8 Å². The lowest BCUT2D eigenvalue weighted by atomic mass is 10.1. The van der Waals surface area contributed by atoms with Gasteiger partial charge >= 0.3 is 0 Å². The highest BCUT2D eigenvalue weighted by Crippen LogP contribution is 2.28. The zero-order valence-corrected chi connectivity index (χ0v) is 15.7. The van der Waals surface area contributed by atoms with E-state index in [9.17, 15) is 0 Å². The maximum atomic E-state index is 6.24. The third kappa shape index (κ3) is 4.07. The van der Waals surface area contributed by atoms with Crippen molar-refractivity contribution in [2.75, 3.05) is 19.0 Å². The molecule has 0 bridgehead atoms. The lowest BCUT2D eigenvalue weighted by Gasteiger charge is -2.12. The predicted octanol–water partition coefficient (Wildman–Crippen LogP) is 3.07. The van der Waals surface area contributed by atoms with Crippen molar-refractivity contribution in [3.8, 4) is 16.3 Å². The minimum absolute atomic E-state index is 0.0203. The number of nitrogens with one attached hydrogen (secondary N) is 2. The summed E-state index contributed by atoms with van der Waals surface area (Å²) in [6.07, 6.45) is 2.58. The topological polar surface area (TPSA) is 102 Å². The number of H-pyrrole nitrogens is 1. The number of fused-ring (bicyclic) bond motifs is 1. The first-order chi connectivity index (χ1) is 13.2. The first kappa shape index (κ1) is 17.4. The van der Waals surface area contributed by atoms with Crippen molar-refractivity contribution < 1.29 is 4.74 Å². The van der Waals surface area contributed by atoms with E-state index in [1.54, 1.807) is 13.3 Å². The number of ether oxygens (including phenoxy) is 1. The Morgan fingerprint density at radius 3 is 2.85 bits per heavy atom. The van der Waals surface area contributed by atoms with Gasteiger partial charge in [0.25, 0.3) is 0 Å². The molecule has 0 fully saturated rings. The van der Waals surface area contributed by atoms with Crippen LogP contribution >= 0.6 is 11.3 Å². The summed E-state index contributed by atoms with van der Waals surface area (Å²) in [4.78, 5) is 0. The Kier molecular flexibility index (Phi) is 4.99. The highest BCUT2D eigenvalue weighted by Gasteiger charge is 2.10. The maximum Gasteiger partial charge on any atom is 0.206 e. The molecular formula is C19H20N6OS. The van der Waals surface area contributed by atoms with Crippen LogP contribution < -0.4 is 15.8 Å². The number of rotatable bonds is 7. The fourth-order valence-corrected chi connectivity index (χ4v) is 3.59. The molecule has 1 atom stereocenters. The summed E-state index contributed by atoms with van der Waals surface area (Å²) in [7, 11) is 1.66. The zero-order chi connectivity index (χ0) is 18.6. The molecule has 138 valence electrons. The number of anilines is 1. The Hall–Kier alpha value is -2.97. The number of nitrogens with zero attached hydrogens (tertiary/aromatic N) is 3. The van der Waals surface area contributed by atoms with E-state index < -0.39 is 0 Å². The number of methoxy groups -OCH3 is 1. The highest BCUT2D eigenvalue weighted by molar-refractivity contribution is 7.18. The molecule has 0 aliphatic heterocycles. The lowest BCUT2D eigenvalue weighted by molar-refractivity contribution is 0.414. The number of aromatic nitrogens is 4. The van der Waals surface area contributed by atoms with E-state index in [0.29, 0.717) is 6.54 Å². The molecule has 0 unspecified atom stereocenters. The Morgan fingerprint density at radius 1 is 1.19 bits per heavy atom. The van der Waals surface area contributed by atoms with E-state index >= 15 is 0 Å². The molecule has 0 saturated heterocycles. The van der Waals surface area contributed by atoms with Crippen molar-refractivity contribution in [2.24, 2.45) is 5.73 Å². The lowest BCUT2D eigenvalue weighted by Crippen LogP contribution is -2.31. The van der Waals surface area contributed by atoms with Crippen LogP contribution in [-0.2, 0) is 6.42 Å². The van der Waals surface area contributed by atoms with Crippen LogP contribution in [0.15, 0.2) is 48.7 Å². The van der Waals surface area contributed by atoms with Crippen LogP contribution in [0.1, 0.15) is 5.56 Å². The Bertz CT molecular complexity index is 1030. The second kappa shape index (κ2) is 7.73. The van der Waals surface area contributed by atoms with E-state index in [1.165, 1.54) is 16.9 Å². The van der Waals surface area contributed by atoms with Gasteiger partial charge in [0, 0.05) is 23.5 Å². The van der Waals surface area contributed by atoms with Crippen molar-refractivity contribution in [3.63, 3.8) is 0 Å². The molecule has 4 aromatic rings. The van der Waals surface area contributed by atoms with Gasteiger partial charge in [0.2, 0.25) is 5.13 Å². The van der Waals surface area contributed by atoms with Crippen LogP contribution in [0.4, 0.5) is 5.13 Å². The number of hydrogen-bond acceptors (Lipinski definition) is 7. The molecule has 0 aliphatic carbocycles. The Labute approximate surface area is 160 Å². The summed E-state index contributed by atoms with van der Waals surface area (Å²) in [5.74, 6) is 0.848. The Morgan fingerprint density at radius 2 is 2.04 bits per heavy atom. The van der Waals surface area contributed by atoms with Crippen molar-refractivity contribution in [1.29, 1.82) is 0 Å². The van der Waals surface area contributed by atoms with Gasteiger partial charge in [0.05, 0.1) is 18.8 Å². The number of aromatic amines is 1. The predicted molar refractivity (Wildman–Crippen MR) is 108 cm³/mol. The molecule has 7 nitrogen and oxygen atoms in total. The zero-order valence-electron chi connectivity index (χ0n) is 14.8. The first-order valence-corrected chi connectivity index (χ1v) is 9.42. The van der Waals surface area contributed by atoms with Gasteiger partial charge in [-0.25, -0.2) is 0 Å². The van der Waals surface area contributed by atoms with E-state index in [1.807, 2.05) is 36.4 Å². The van der Waals surface area contributed by atoms with Gasteiger partial charge in [-0.3, -0.25) is 5.10 Å². The quantitative estimate of drug-likeness (QED) is 0.455. The molecule has 2 heterocycles. The van der Waals surface area contributed by atoms with Gasteiger partial charge in [0.1, 0.15) is 10.8 Å². The summed E-state index contributed by atoms with van der Waals surface area (Å²) in [5, 5.41) is 21.5. The van der Waals surface area contributed by atoms with E-state index in [2.05, 4.69) is 31.8 Å². The van der Waals surface area contributed by atoms with Crippen molar-refractivity contribution in [3.05, 3.63) is 54.2 Å². The van der Waals surface area contributed by atoms with Gasteiger partial charge in [-0.2, -0.15) is 5.10 Å². The van der Waals surface area contributed by atoms with Crippen LogP contribution in [0, 0.1) is 0 Å². The maximum absolute atomic E-state index is 6.24. The third-order valence-electron chi connectivity index (χ3n) is 4.28. The SMILES string of the molecule is COc1ccc(C[C@@H](N)CNc2nnc(-c3ccc4[nH]ncc4c3)s2)cc1. The van der Waals surface area contributed by atoms with Crippen LogP contribution in [0.25, 0.3) is 21.5 Å². The smallest absolute Gasteiger partial charge is 0.206 e. The summed E-state index contributed by atoms with van der Waals surface area (Å²) in [5.41, 5.74) is 9.45. The second-order valence-electron chi connectivity index (χ2n) is 6.28. The van der Waals surface area contributed by atoms with Gasteiger partial charge in [-0.15, -0.1) is 10.2 Å². The highest BCUT2D eigenvalue weighted by atomic mass is 32.1. The molecule has 8 heteroatoms. The van der Waals surface area contributed by atoms with Crippen LogP contribution in [0.5, 0.6) is 5.75 Å². The summed E-state index contributed by atoms with van der Waals surface area (Å²) in [6.45, 7) is 0.626. The molecule has 27 heavy (non-hydrogen) atoms. The fraction of sp³-hybridized carbons (Fsp3) is 0.211. The second-order valence-corrected chi connectivity index (χ2v) is 7.26. The van der Waals surface area contributed by atoms with Crippen LogP contribution in [0.3, 0.4) is 0 Å². The molecular weight excluding hydrogens is 360 g/mol. The standard InChI is InChI=1S/C19H20N6OS/c1-26-16-5-2-12(3-6-16)8-15(20)11-21-19-25-24-18(27-19)13-4-7-17-14(9-13)10-22-23-17/h2-7,9-10,15H,8,11,20H2,1H3,(H,21,25)(H,22,23)/t15-/m1/s1. The molecule has 4 N–H and O–H groups in total. The summed E-state index contributed by atoms with van der Waals surface area (Å²) >= 11 is 1.51. The summed E-state index contributed by atoms with van der Waals surface area (Å²) < 4.78 is 5.17. The van der Waals surface area contributed by atoms with E-state index in [4.69, 9.17) is 10.5 Å². The molecule has 0 spiro atoms. The average Bonchev–Trinajstić information content (AvgIpc) is 3.35. The van der Waals surface area contributed by atoms with Crippen molar-refractivity contribution in [2.45, 2.75) is 12.5 Å². The largest absolute Gasteiger partial charge is 0.497 e. The monoisotopic (exact) mass is 380 g/mol. The fourth-order valence-electron chi connectivity index (χ4n) is 2.84. The molecule has 0 saturated carbocycles. The molecule has 4 rings (SSSR count). The number of benzene rings is 2. The average molecular weight is 380 g/mol. The third-order valence-corrected chi connectivity index (χ3v) is 5.21. The molecule has 2 aromatic heterocycles. The Balaban J connectivity index is 1.35. The van der Waals surface area contributed by atoms with Crippen molar-refractivity contribution >= 4 is 27.4 Å². The first-order valence-electron chi connectivity index (χ1n) is 8.60. The van der Waals surface area contributed by atoms with Crippen molar-refractivity contribution in [1.82, 2.24) is 20.4 Å². The van der Waals surface area contributed by atoms with Crippen LogP contribution in [-0.4, -0.2) is 40.1 Å². The van der Waals surface area contributed by atoms with E-state index in [-0.39, 0.29) is 6.04 Å². The van der Waals surface area contributed by atoms with Gasteiger partial charge in [0.15, 0.2) is 0 Å². The molecule has 0 amide bonds. The van der Waals surface area contributed by atoms with Crippen LogP contribution in [0.2, 0.25) is 0 Å².